The highest BCUT2D eigenvalue weighted by Crippen LogP contribution is 2.37. The van der Waals surface area contributed by atoms with E-state index < -0.39 is 204 Å². The lowest BCUT2D eigenvalue weighted by Gasteiger charge is -2.52. The van der Waals surface area contributed by atoms with Gasteiger partial charge >= 0.3 is 0 Å². The first-order valence-corrected chi connectivity index (χ1v) is 20.6. The fourth-order valence-corrected chi connectivity index (χ4v) is 8.24. The van der Waals surface area contributed by atoms with Crippen LogP contribution in [0.4, 0.5) is 0 Å². The molecule has 5 heterocycles. The summed E-state index contributed by atoms with van der Waals surface area (Å²) in [6.45, 7) is -1.73. The van der Waals surface area contributed by atoms with Gasteiger partial charge in [-0.05, 0) is 0 Å². The summed E-state index contributed by atoms with van der Waals surface area (Å²) in [5.41, 5.74) is 0. The van der Waals surface area contributed by atoms with Crippen molar-refractivity contribution in [2.24, 2.45) is 0 Å². The van der Waals surface area contributed by atoms with Crippen LogP contribution in [0.25, 0.3) is 0 Å². The van der Waals surface area contributed by atoms with Gasteiger partial charge in [-0.3, -0.25) is 14.4 Å². The Morgan fingerprint density at radius 2 is 0.738 bits per heavy atom. The van der Waals surface area contributed by atoms with Crippen LogP contribution < -0.4 is 16.0 Å². The van der Waals surface area contributed by atoms with Gasteiger partial charge in [-0.2, -0.15) is 0 Å². The lowest BCUT2D eigenvalue weighted by molar-refractivity contribution is -0.380. The zero-order valence-electron chi connectivity index (χ0n) is 35.1. The first-order valence-electron chi connectivity index (χ1n) is 20.6. The van der Waals surface area contributed by atoms with Gasteiger partial charge in [0.05, 0.1) is 33.0 Å². The van der Waals surface area contributed by atoms with Crippen LogP contribution in [0.3, 0.4) is 0 Å². The summed E-state index contributed by atoms with van der Waals surface area (Å²) in [6, 6.07) is -5.22. The number of aliphatic hydroxyl groups excluding tert-OH is 14. The van der Waals surface area contributed by atoms with Crippen LogP contribution in [0.15, 0.2) is 0 Å². The summed E-state index contributed by atoms with van der Waals surface area (Å²) in [7, 11) is 0. The number of carbonyl (C=O) groups is 3. The molecule has 376 valence electrons. The first kappa shape index (κ1) is 53.4. The van der Waals surface area contributed by atoms with E-state index in [9.17, 15) is 85.9 Å². The molecule has 0 aromatic rings. The van der Waals surface area contributed by atoms with Gasteiger partial charge in [-0.15, -0.1) is 0 Å². The summed E-state index contributed by atoms with van der Waals surface area (Å²) < 4.78 is 53.1. The highest BCUT2D eigenvalue weighted by Gasteiger charge is 2.58. The van der Waals surface area contributed by atoms with Crippen LogP contribution >= 0.6 is 0 Å². The second kappa shape index (κ2) is 23.2. The third-order valence-corrected chi connectivity index (χ3v) is 11.5. The van der Waals surface area contributed by atoms with Gasteiger partial charge in [0.25, 0.3) is 0 Å². The fourth-order valence-electron chi connectivity index (χ4n) is 8.24. The molecular weight excluding hydrogens is 890 g/mol. The SMILES string of the molecule is CC(=O)N[C@@H]1C(O[C@H]2[C@H](O)[C@@H](O)C(O)O[C@@H]2CO)O[C@H](CO)[C@H](OC2O[C@H](CO)[C@@H](O)[C@H](O)[C@H]2NC(C)=O)[C@@H]1OC1O[C@H](CO)[C@H](O)[C@H](OC2O[C@H](CO)[C@H](O)[C@H](O)[C@H]2O)[C@H]1NC(C)=O. The van der Waals surface area contributed by atoms with Crippen molar-refractivity contribution in [3.05, 3.63) is 0 Å². The van der Waals surface area contributed by atoms with Crippen LogP contribution in [0.5, 0.6) is 0 Å². The highest BCUT2D eigenvalue weighted by atomic mass is 16.8. The van der Waals surface area contributed by atoms with Crippen molar-refractivity contribution in [2.45, 2.75) is 174 Å². The molecule has 25 atom stereocenters. The summed E-state index contributed by atoms with van der Waals surface area (Å²) in [4.78, 5) is 38.2. The van der Waals surface area contributed by atoms with E-state index in [1.165, 1.54) is 0 Å². The van der Waals surface area contributed by atoms with Gasteiger partial charge in [0.15, 0.2) is 31.5 Å². The lowest BCUT2D eigenvalue weighted by Crippen LogP contribution is -2.73. The van der Waals surface area contributed by atoms with Gasteiger partial charge in [0.2, 0.25) is 17.7 Å². The third kappa shape index (κ3) is 11.9. The Balaban J connectivity index is 1.62. The Labute approximate surface area is 369 Å². The maximum atomic E-state index is 13.0. The average Bonchev–Trinajstić information content (AvgIpc) is 3.26. The molecule has 5 aliphatic heterocycles. The molecule has 5 saturated heterocycles. The van der Waals surface area contributed by atoms with E-state index in [1.807, 2.05) is 0 Å². The minimum Gasteiger partial charge on any atom is -0.394 e. The Morgan fingerprint density at radius 1 is 0.369 bits per heavy atom. The quantitative estimate of drug-likeness (QED) is 0.0683. The molecule has 0 aromatic heterocycles. The summed E-state index contributed by atoms with van der Waals surface area (Å²) in [6.07, 6.45) is -41.0. The fraction of sp³-hybridized carbons (Fsp3) is 0.917. The van der Waals surface area contributed by atoms with E-state index in [-0.39, 0.29) is 0 Å². The second-order valence-corrected chi connectivity index (χ2v) is 16.2. The topological polar surface area (TPSA) is 454 Å². The third-order valence-electron chi connectivity index (χ3n) is 11.5. The van der Waals surface area contributed by atoms with E-state index in [4.69, 9.17) is 42.6 Å². The molecular formula is C36H61N3O26. The zero-order chi connectivity index (χ0) is 48.2. The molecule has 5 rings (SSSR count). The maximum absolute atomic E-state index is 13.0. The minimum atomic E-state index is -2.06. The van der Waals surface area contributed by atoms with E-state index >= 15 is 0 Å². The normalized spacial score (nSPS) is 47.1. The van der Waals surface area contributed by atoms with Gasteiger partial charge in [0.1, 0.15) is 122 Å². The van der Waals surface area contributed by atoms with Crippen molar-refractivity contribution in [2.75, 3.05) is 33.0 Å². The van der Waals surface area contributed by atoms with Crippen molar-refractivity contribution in [3.63, 3.8) is 0 Å². The largest absolute Gasteiger partial charge is 0.394 e. The van der Waals surface area contributed by atoms with Crippen LogP contribution in [-0.4, -0.2) is 276 Å². The molecule has 0 saturated carbocycles. The van der Waals surface area contributed by atoms with E-state index in [2.05, 4.69) is 16.0 Å². The molecule has 5 aliphatic rings. The van der Waals surface area contributed by atoms with Crippen molar-refractivity contribution in [1.82, 2.24) is 16.0 Å². The predicted molar refractivity (Wildman–Crippen MR) is 201 cm³/mol. The summed E-state index contributed by atoms with van der Waals surface area (Å²) in [5, 5.41) is 155. The number of ether oxygens (including phenoxy) is 9. The summed E-state index contributed by atoms with van der Waals surface area (Å²) in [5.74, 6) is -2.49. The Bertz CT molecular complexity index is 1550. The monoisotopic (exact) mass is 951 g/mol. The molecule has 5 fully saturated rings. The van der Waals surface area contributed by atoms with Crippen LogP contribution in [0.1, 0.15) is 20.8 Å². The number of nitrogens with one attached hydrogen (secondary N) is 3. The average molecular weight is 952 g/mol. The molecule has 5 unspecified atom stereocenters. The van der Waals surface area contributed by atoms with Gasteiger partial charge in [0, 0.05) is 20.8 Å². The van der Waals surface area contributed by atoms with Crippen molar-refractivity contribution in [3.8, 4) is 0 Å². The number of hydrogen-bond donors (Lipinski definition) is 17. The smallest absolute Gasteiger partial charge is 0.217 e. The zero-order valence-corrected chi connectivity index (χ0v) is 35.1. The second-order valence-electron chi connectivity index (χ2n) is 16.2. The van der Waals surface area contributed by atoms with E-state index in [0.717, 1.165) is 20.8 Å². The number of amides is 3. The molecule has 0 radical (unpaired) electrons. The van der Waals surface area contributed by atoms with Crippen molar-refractivity contribution < 1.29 is 129 Å². The molecule has 65 heavy (non-hydrogen) atoms. The minimum absolute atomic E-state index is 0.774. The van der Waals surface area contributed by atoms with Crippen LogP contribution in [0.2, 0.25) is 0 Å². The van der Waals surface area contributed by atoms with Crippen molar-refractivity contribution >= 4 is 17.7 Å². The van der Waals surface area contributed by atoms with E-state index in [0.29, 0.717) is 0 Å². The molecule has 0 spiro atoms. The maximum Gasteiger partial charge on any atom is 0.217 e. The summed E-state index contributed by atoms with van der Waals surface area (Å²) >= 11 is 0. The van der Waals surface area contributed by atoms with Gasteiger partial charge < -0.3 is 130 Å². The van der Waals surface area contributed by atoms with E-state index in [1.54, 1.807) is 0 Å². The van der Waals surface area contributed by atoms with Crippen LogP contribution in [0, 0.1) is 0 Å². The highest BCUT2D eigenvalue weighted by molar-refractivity contribution is 5.74. The van der Waals surface area contributed by atoms with Crippen molar-refractivity contribution in [1.29, 1.82) is 0 Å². The lowest BCUT2D eigenvalue weighted by atomic mass is 9.92. The first-order chi connectivity index (χ1) is 30.7. The van der Waals surface area contributed by atoms with Crippen LogP contribution in [-0.2, 0) is 57.0 Å². The Hall–Kier alpha value is -2.51. The number of hydrogen-bond acceptors (Lipinski definition) is 26. The predicted octanol–water partition coefficient (Wildman–Crippen LogP) is -11.5. The standard InChI is InChI=1S/C36H61N3O26/c1-9(45)37-17-23(51)20(48)12(4-40)58-33(17)63-29-16(8-44)61-35(62-28-15(7-43)57-32(56)26(54)25(28)53)19(39-11(3)47)31(29)65-34-18(38-10(2)46)30(22(50)14(6-42)59-34)64-36-27(55)24(52)21(49)13(5-41)60-36/h12-36,40-44,48-56H,4-8H2,1-3H3,(H,37,45)(H,38,46)(H,39,47)/t12-,13-,14-,15-,16-,17-,18-,19+,20-,21+,22+,23-,24+,25-,26-,27-,28-,29+,30-,31-,32?,33?,34?,35?,36?/m1/s1. The molecule has 3 amide bonds. The molecule has 0 aromatic carbocycles. The number of carbonyl (C=O) groups excluding carboxylic acids is 3. The van der Waals surface area contributed by atoms with Gasteiger partial charge in [-0.1, -0.05) is 0 Å². The number of aliphatic hydroxyl groups is 14. The molecule has 29 nitrogen and oxygen atoms in total. The molecule has 29 heteroatoms. The Morgan fingerprint density at radius 3 is 1.25 bits per heavy atom. The Kier molecular flexibility index (Phi) is 19.1. The molecule has 0 bridgehead atoms. The number of rotatable bonds is 16. The molecule has 0 aliphatic carbocycles. The van der Waals surface area contributed by atoms with Gasteiger partial charge in [-0.25, -0.2) is 0 Å². The molecule has 17 N–H and O–H groups in total.